The lowest BCUT2D eigenvalue weighted by Gasteiger charge is -2.14. The Balaban J connectivity index is 3.18. The Morgan fingerprint density at radius 2 is 2.19 bits per heavy atom. The molecule has 0 unspecified atom stereocenters. The van der Waals surface area contributed by atoms with Crippen molar-refractivity contribution in [3.05, 3.63) is 22.7 Å². The van der Waals surface area contributed by atoms with Crippen molar-refractivity contribution < 1.29 is 8.42 Å². The molecule has 1 aromatic carbocycles. The highest BCUT2D eigenvalue weighted by molar-refractivity contribution is 9.10. The van der Waals surface area contributed by atoms with Gasteiger partial charge >= 0.3 is 0 Å². The van der Waals surface area contributed by atoms with Gasteiger partial charge in [0.15, 0.2) is 0 Å². The van der Waals surface area contributed by atoms with Gasteiger partial charge in [-0.05, 0) is 34.1 Å². The summed E-state index contributed by atoms with van der Waals surface area (Å²) in [6.45, 7) is 0.0261. The fraction of sp³-hybridized carbons (Fsp3) is 0.200. The number of hydrogen-bond acceptors (Lipinski definition) is 3. The Hall–Kier alpha value is -1.03. The van der Waals surface area contributed by atoms with Gasteiger partial charge in [-0.3, -0.25) is 0 Å². The molecule has 0 aliphatic rings. The Labute approximate surface area is 104 Å². The molecule has 1 aromatic rings. The van der Waals surface area contributed by atoms with Crippen molar-refractivity contribution >= 4 is 31.6 Å². The molecule has 86 valence electrons. The van der Waals surface area contributed by atoms with Gasteiger partial charge in [0.2, 0.25) is 10.0 Å². The Morgan fingerprint density at radius 1 is 1.56 bits per heavy atom. The number of halogens is 1. The summed E-state index contributed by atoms with van der Waals surface area (Å²) in [6, 6.07) is 4.46. The van der Waals surface area contributed by atoms with Crippen molar-refractivity contribution in [3.63, 3.8) is 0 Å². The zero-order valence-corrected chi connectivity index (χ0v) is 11.0. The molecule has 4 nitrogen and oxygen atoms in total. The summed E-state index contributed by atoms with van der Waals surface area (Å²) < 4.78 is 25.6. The van der Waals surface area contributed by atoms with Gasteiger partial charge in [-0.15, -0.1) is 6.42 Å². The molecule has 0 aromatic heterocycles. The summed E-state index contributed by atoms with van der Waals surface area (Å²) in [5.74, 6) is 2.28. The first-order chi connectivity index (χ1) is 7.39. The van der Waals surface area contributed by atoms with Crippen LogP contribution in [0.3, 0.4) is 0 Å². The van der Waals surface area contributed by atoms with Crippen LogP contribution in [-0.2, 0) is 10.0 Å². The fourth-order valence-electron chi connectivity index (χ4n) is 1.08. The van der Waals surface area contributed by atoms with E-state index in [-0.39, 0.29) is 11.4 Å². The monoisotopic (exact) mass is 302 g/mol. The molecule has 0 fully saturated rings. The topological polar surface area (TPSA) is 63.4 Å². The molecule has 16 heavy (non-hydrogen) atoms. The summed E-state index contributed by atoms with van der Waals surface area (Å²) >= 11 is 3.20. The molecular formula is C10H11BrN2O2S. The molecule has 0 saturated heterocycles. The van der Waals surface area contributed by atoms with Gasteiger partial charge in [-0.25, -0.2) is 8.42 Å². The van der Waals surface area contributed by atoms with E-state index in [0.29, 0.717) is 10.2 Å². The second-order valence-corrected chi connectivity index (χ2v) is 6.05. The van der Waals surface area contributed by atoms with Gasteiger partial charge in [-0.1, -0.05) is 5.92 Å². The molecule has 0 bridgehead atoms. The predicted molar refractivity (Wildman–Crippen MR) is 67.2 cm³/mol. The lowest BCUT2D eigenvalue weighted by atomic mass is 10.3. The van der Waals surface area contributed by atoms with E-state index < -0.39 is 10.0 Å². The summed E-state index contributed by atoms with van der Waals surface area (Å²) in [4.78, 5) is 0.131. The number of nitrogen functional groups attached to an aromatic ring is 1. The maximum absolute atomic E-state index is 11.9. The van der Waals surface area contributed by atoms with Crippen LogP contribution in [0.1, 0.15) is 0 Å². The van der Waals surface area contributed by atoms with Gasteiger partial charge in [0, 0.05) is 17.2 Å². The number of nitrogens with zero attached hydrogens (tertiary/aromatic N) is 1. The molecule has 0 amide bonds. The maximum Gasteiger partial charge on any atom is 0.243 e. The van der Waals surface area contributed by atoms with Gasteiger partial charge in [0.05, 0.1) is 11.4 Å². The number of sulfonamides is 1. The predicted octanol–water partition coefficient (Wildman–Crippen LogP) is 1.29. The zero-order chi connectivity index (χ0) is 12.3. The largest absolute Gasteiger partial charge is 0.398 e. The first-order valence-electron chi connectivity index (χ1n) is 4.34. The van der Waals surface area contributed by atoms with E-state index in [1.54, 1.807) is 6.07 Å². The Kier molecular flexibility index (Phi) is 3.97. The van der Waals surface area contributed by atoms with Gasteiger partial charge < -0.3 is 5.73 Å². The third-order valence-corrected chi connectivity index (χ3v) is 4.51. The minimum atomic E-state index is -3.55. The van der Waals surface area contributed by atoms with E-state index in [0.717, 1.165) is 4.31 Å². The molecule has 0 spiro atoms. The van der Waals surface area contributed by atoms with Crippen LogP contribution >= 0.6 is 15.9 Å². The third-order valence-electron chi connectivity index (χ3n) is 1.99. The minimum absolute atomic E-state index is 0.0261. The van der Waals surface area contributed by atoms with Crippen LogP contribution < -0.4 is 5.73 Å². The number of rotatable bonds is 3. The van der Waals surface area contributed by atoms with Crippen molar-refractivity contribution in [2.75, 3.05) is 19.3 Å². The highest BCUT2D eigenvalue weighted by Crippen LogP contribution is 2.24. The van der Waals surface area contributed by atoms with Crippen LogP contribution in [0.25, 0.3) is 0 Å². The van der Waals surface area contributed by atoms with Crippen LogP contribution in [0.2, 0.25) is 0 Å². The molecule has 0 radical (unpaired) electrons. The van der Waals surface area contributed by atoms with Crippen molar-refractivity contribution in [2.45, 2.75) is 4.90 Å². The smallest absolute Gasteiger partial charge is 0.243 e. The van der Waals surface area contributed by atoms with Crippen molar-refractivity contribution in [1.82, 2.24) is 4.31 Å². The van der Waals surface area contributed by atoms with Gasteiger partial charge in [0.1, 0.15) is 0 Å². The van der Waals surface area contributed by atoms with E-state index in [9.17, 15) is 8.42 Å². The first-order valence-corrected chi connectivity index (χ1v) is 6.57. The zero-order valence-electron chi connectivity index (χ0n) is 8.64. The quantitative estimate of drug-likeness (QED) is 0.676. The lowest BCUT2D eigenvalue weighted by Crippen LogP contribution is -2.27. The summed E-state index contributed by atoms with van der Waals surface area (Å²) in [6.07, 6.45) is 5.07. The maximum atomic E-state index is 11.9. The lowest BCUT2D eigenvalue weighted by molar-refractivity contribution is 0.503. The van der Waals surface area contributed by atoms with Crippen molar-refractivity contribution in [3.8, 4) is 12.3 Å². The van der Waals surface area contributed by atoms with Crippen LogP contribution in [0, 0.1) is 12.3 Å². The van der Waals surface area contributed by atoms with Crippen molar-refractivity contribution in [2.24, 2.45) is 0 Å². The third kappa shape index (κ3) is 2.55. The number of anilines is 1. The Morgan fingerprint density at radius 3 is 2.69 bits per heavy atom. The minimum Gasteiger partial charge on any atom is -0.398 e. The van der Waals surface area contributed by atoms with E-state index in [2.05, 4.69) is 21.9 Å². The molecule has 0 atom stereocenters. The highest BCUT2D eigenvalue weighted by Gasteiger charge is 2.20. The second kappa shape index (κ2) is 4.87. The highest BCUT2D eigenvalue weighted by atomic mass is 79.9. The SMILES string of the molecule is C#CCN(C)S(=O)(=O)c1ccc(Br)c(N)c1. The summed E-state index contributed by atoms with van der Waals surface area (Å²) in [5.41, 5.74) is 5.99. The normalized spacial score (nSPS) is 11.4. The standard InChI is InChI=1S/C10H11BrN2O2S/c1-3-6-13(2)16(14,15)8-4-5-9(11)10(12)7-8/h1,4-5,7H,6,12H2,2H3. The number of benzene rings is 1. The molecule has 0 aliphatic heterocycles. The van der Waals surface area contributed by atoms with E-state index in [1.165, 1.54) is 19.2 Å². The van der Waals surface area contributed by atoms with Gasteiger partial charge in [0.25, 0.3) is 0 Å². The average molecular weight is 303 g/mol. The van der Waals surface area contributed by atoms with Gasteiger partial charge in [-0.2, -0.15) is 4.31 Å². The second-order valence-electron chi connectivity index (χ2n) is 3.15. The van der Waals surface area contributed by atoms with Crippen LogP contribution in [0.4, 0.5) is 5.69 Å². The fourth-order valence-corrected chi connectivity index (χ4v) is 2.44. The van der Waals surface area contributed by atoms with E-state index in [1.807, 2.05) is 0 Å². The van der Waals surface area contributed by atoms with E-state index in [4.69, 9.17) is 12.2 Å². The van der Waals surface area contributed by atoms with E-state index >= 15 is 0 Å². The molecule has 6 heteroatoms. The molecule has 1 rings (SSSR count). The average Bonchev–Trinajstić information content (AvgIpc) is 2.22. The van der Waals surface area contributed by atoms with Crippen LogP contribution in [0.15, 0.2) is 27.6 Å². The molecular weight excluding hydrogens is 292 g/mol. The van der Waals surface area contributed by atoms with Crippen LogP contribution in [-0.4, -0.2) is 26.3 Å². The van der Waals surface area contributed by atoms with Crippen LogP contribution in [0.5, 0.6) is 0 Å². The Bertz CT molecular complexity index is 534. The van der Waals surface area contributed by atoms with Crippen molar-refractivity contribution in [1.29, 1.82) is 0 Å². The molecule has 2 N–H and O–H groups in total. The number of nitrogens with two attached hydrogens (primary N) is 1. The molecule has 0 saturated carbocycles. The number of terminal acetylenes is 1. The first kappa shape index (κ1) is 13.0. The molecule has 0 heterocycles. The molecule has 0 aliphatic carbocycles. The number of hydrogen-bond donors (Lipinski definition) is 1. The summed E-state index contributed by atoms with van der Waals surface area (Å²) in [7, 11) is -2.13. The summed E-state index contributed by atoms with van der Waals surface area (Å²) in [5, 5.41) is 0.